The lowest BCUT2D eigenvalue weighted by Gasteiger charge is -2.25. The summed E-state index contributed by atoms with van der Waals surface area (Å²) in [5.74, 6) is -1.49. The summed E-state index contributed by atoms with van der Waals surface area (Å²) in [6.07, 6.45) is 0.418. The Kier molecular flexibility index (Phi) is 8.65. The molecule has 0 radical (unpaired) electrons. The van der Waals surface area contributed by atoms with Crippen molar-refractivity contribution in [3.63, 3.8) is 0 Å². The summed E-state index contributed by atoms with van der Waals surface area (Å²) in [5.41, 5.74) is 4.49. The smallest absolute Gasteiger partial charge is 0.407 e. The number of ether oxygens (including phenoxy) is 1. The Morgan fingerprint density at radius 3 is 2.12 bits per heavy atom. The van der Waals surface area contributed by atoms with Crippen molar-refractivity contribution in [2.24, 2.45) is 0 Å². The van der Waals surface area contributed by atoms with Crippen molar-refractivity contribution in [1.29, 1.82) is 0 Å². The minimum atomic E-state index is -0.979. The van der Waals surface area contributed by atoms with Crippen LogP contribution in [0.1, 0.15) is 43.2 Å². The fourth-order valence-corrected chi connectivity index (χ4v) is 4.43. The van der Waals surface area contributed by atoms with Crippen molar-refractivity contribution in [3.05, 3.63) is 59.7 Å². The first-order chi connectivity index (χ1) is 16.3. The normalized spacial score (nSPS) is 14.1. The zero-order chi connectivity index (χ0) is 24.7. The molecular weight excluding hydrogens is 434 g/mol. The van der Waals surface area contributed by atoms with Crippen LogP contribution in [-0.4, -0.2) is 67.3 Å². The van der Waals surface area contributed by atoms with Crippen LogP contribution in [0.25, 0.3) is 11.1 Å². The Bertz CT molecular complexity index is 978. The van der Waals surface area contributed by atoms with Crippen molar-refractivity contribution >= 4 is 18.0 Å². The first-order valence-electron chi connectivity index (χ1n) is 11.6. The van der Waals surface area contributed by atoms with E-state index in [-0.39, 0.29) is 25.5 Å². The SMILES string of the molecule is CCC[C@@H](CC(=O)O)NC(=O)[C@H](CN(C)C)NC(=O)OCC1c2ccccc2-c2ccccc21. The summed E-state index contributed by atoms with van der Waals surface area (Å²) in [5, 5.41) is 14.5. The average molecular weight is 468 g/mol. The Labute approximate surface area is 200 Å². The number of aliphatic carboxylic acids is 1. The largest absolute Gasteiger partial charge is 0.481 e. The lowest BCUT2D eigenvalue weighted by atomic mass is 9.98. The van der Waals surface area contributed by atoms with Crippen LogP contribution in [0.15, 0.2) is 48.5 Å². The fourth-order valence-electron chi connectivity index (χ4n) is 4.43. The summed E-state index contributed by atoms with van der Waals surface area (Å²) in [7, 11) is 3.58. The van der Waals surface area contributed by atoms with Gasteiger partial charge in [-0.25, -0.2) is 4.79 Å². The van der Waals surface area contributed by atoms with Crippen molar-refractivity contribution in [2.45, 2.75) is 44.2 Å². The van der Waals surface area contributed by atoms with Gasteiger partial charge in [0.2, 0.25) is 5.91 Å². The van der Waals surface area contributed by atoms with E-state index in [1.54, 1.807) is 19.0 Å². The highest BCUT2D eigenvalue weighted by Gasteiger charge is 2.30. The van der Waals surface area contributed by atoms with Gasteiger partial charge >= 0.3 is 12.1 Å². The molecule has 2 aromatic carbocycles. The Balaban J connectivity index is 1.65. The molecule has 2 amide bonds. The number of alkyl carbamates (subject to hydrolysis) is 1. The number of carboxylic acids is 1. The van der Waals surface area contributed by atoms with E-state index in [0.29, 0.717) is 6.42 Å². The van der Waals surface area contributed by atoms with Crippen LogP contribution in [-0.2, 0) is 14.3 Å². The van der Waals surface area contributed by atoms with E-state index in [1.165, 1.54) is 0 Å². The van der Waals surface area contributed by atoms with E-state index >= 15 is 0 Å². The second-order valence-electron chi connectivity index (χ2n) is 8.88. The van der Waals surface area contributed by atoms with Gasteiger partial charge in [-0.3, -0.25) is 9.59 Å². The predicted molar refractivity (Wildman–Crippen MR) is 130 cm³/mol. The summed E-state index contributed by atoms with van der Waals surface area (Å²) in [6.45, 7) is 2.32. The molecule has 2 aromatic rings. The van der Waals surface area contributed by atoms with Crippen LogP contribution in [0.3, 0.4) is 0 Å². The third-order valence-corrected chi connectivity index (χ3v) is 5.90. The zero-order valence-corrected chi connectivity index (χ0v) is 19.9. The lowest BCUT2D eigenvalue weighted by molar-refractivity contribution is -0.137. The van der Waals surface area contributed by atoms with Gasteiger partial charge < -0.3 is 25.4 Å². The highest BCUT2D eigenvalue weighted by atomic mass is 16.5. The van der Waals surface area contributed by atoms with Crippen molar-refractivity contribution < 1.29 is 24.2 Å². The van der Waals surface area contributed by atoms with E-state index < -0.39 is 30.1 Å². The molecule has 1 aliphatic carbocycles. The van der Waals surface area contributed by atoms with Crippen LogP contribution < -0.4 is 10.6 Å². The Hall–Kier alpha value is -3.39. The number of hydrogen-bond acceptors (Lipinski definition) is 5. The number of likely N-dealkylation sites (N-methyl/N-ethyl adjacent to an activating group) is 1. The minimum absolute atomic E-state index is 0.0798. The van der Waals surface area contributed by atoms with Crippen LogP contribution in [0.4, 0.5) is 4.79 Å². The number of benzene rings is 2. The maximum atomic E-state index is 12.9. The van der Waals surface area contributed by atoms with Gasteiger partial charge in [0.05, 0.1) is 6.42 Å². The lowest BCUT2D eigenvalue weighted by Crippen LogP contribution is -2.54. The monoisotopic (exact) mass is 467 g/mol. The van der Waals surface area contributed by atoms with Gasteiger partial charge in [0.1, 0.15) is 12.6 Å². The Morgan fingerprint density at radius 1 is 1.00 bits per heavy atom. The molecule has 3 rings (SSSR count). The number of hydrogen-bond donors (Lipinski definition) is 3. The molecule has 0 heterocycles. The molecule has 182 valence electrons. The average Bonchev–Trinajstić information content (AvgIpc) is 3.10. The summed E-state index contributed by atoms with van der Waals surface area (Å²) in [4.78, 5) is 38.5. The van der Waals surface area contributed by atoms with E-state index in [0.717, 1.165) is 28.7 Å². The number of carbonyl (C=O) groups excluding carboxylic acids is 2. The van der Waals surface area contributed by atoms with Gasteiger partial charge in [0.25, 0.3) is 0 Å². The zero-order valence-electron chi connectivity index (χ0n) is 19.9. The summed E-state index contributed by atoms with van der Waals surface area (Å²) < 4.78 is 5.58. The molecule has 34 heavy (non-hydrogen) atoms. The van der Waals surface area contributed by atoms with Crippen molar-refractivity contribution in [1.82, 2.24) is 15.5 Å². The van der Waals surface area contributed by atoms with Gasteiger partial charge in [0, 0.05) is 18.5 Å². The molecule has 0 bridgehead atoms. The van der Waals surface area contributed by atoms with Gasteiger partial charge in [-0.2, -0.15) is 0 Å². The van der Waals surface area contributed by atoms with Crippen LogP contribution in [0, 0.1) is 0 Å². The highest BCUT2D eigenvalue weighted by Crippen LogP contribution is 2.44. The quantitative estimate of drug-likeness (QED) is 0.468. The molecule has 0 saturated carbocycles. The standard InChI is InChI=1S/C26H33N3O5/c1-4-9-17(14-24(30)31)27-25(32)23(15-29(2)3)28-26(33)34-16-22-20-12-7-5-10-18(20)19-11-6-8-13-21(19)22/h5-8,10-13,17,22-23H,4,9,14-16H2,1-3H3,(H,27,32)(H,28,33)(H,30,31)/t17-,23-/m0/s1. The first kappa shape index (κ1) is 25.2. The van der Waals surface area contributed by atoms with Crippen LogP contribution >= 0.6 is 0 Å². The van der Waals surface area contributed by atoms with E-state index in [9.17, 15) is 14.4 Å². The number of fused-ring (bicyclic) bond motifs is 3. The molecule has 0 aromatic heterocycles. The number of amides is 2. The Morgan fingerprint density at radius 2 is 1.59 bits per heavy atom. The molecule has 8 heteroatoms. The molecule has 8 nitrogen and oxygen atoms in total. The number of nitrogens with one attached hydrogen (secondary N) is 2. The van der Waals surface area contributed by atoms with Crippen molar-refractivity contribution in [2.75, 3.05) is 27.2 Å². The van der Waals surface area contributed by atoms with Gasteiger partial charge in [-0.1, -0.05) is 61.9 Å². The summed E-state index contributed by atoms with van der Waals surface area (Å²) >= 11 is 0. The minimum Gasteiger partial charge on any atom is -0.481 e. The summed E-state index contributed by atoms with van der Waals surface area (Å²) in [6, 6.07) is 14.8. The molecule has 0 spiro atoms. The van der Waals surface area contributed by atoms with E-state index in [4.69, 9.17) is 9.84 Å². The van der Waals surface area contributed by atoms with E-state index in [2.05, 4.69) is 22.8 Å². The second-order valence-corrected chi connectivity index (χ2v) is 8.88. The van der Waals surface area contributed by atoms with Gasteiger partial charge in [-0.15, -0.1) is 0 Å². The second kappa shape index (κ2) is 11.7. The topological polar surface area (TPSA) is 108 Å². The first-order valence-corrected chi connectivity index (χ1v) is 11.6. The third-order valence-electron chi connectivity index (χ3n) is 5.90. The molecule has 2 atom stereocenters. The van der Waals surface area contributed by atoms with E-state index in [1.807, 2.05) is 43.3 Å². The molecule has 1 aliphatic rings. The number of carbonyl (C=O) groups is 3. The maximum Gasteiger partial charge on any atom is 0.407 e. The van der Waals surface area contributed by atoms with Gasteiger partial charge in [-0.05, 0) is 42.8 Å². The predicted octanol–water partition coefficient (Wildman–Crippen LogP) is 3.21. The number of rotatable bonds is 11. The maximum absolute atomic E-state index is 12.9. The number of nitrogens with zero attached hydrogens (tertiary/aromatic N) is 1. The molecule has 3 N–H and O–H groups in total. The molecule has 0 saturated heterocycles. The fraction of sp³-hybridized carbons (Fsp3) is 0.423. The van der Waals surface area contributed by atoms with Gasteiger partial charge in [0.15, 0.2) is 0 Å². The molecule has 0 unspecified atom stereocenters. The van der Waals surface area contributed by atoms with Crippen LogP contribution in [0.5, 0.6) is 0 Å². The van der Waals surface area contributed by atoms with Crippen molar-refractivity contribution in [3.8, 4) is 11.1 Å². The number of carboxylic acid groups (broad SMARTS) is 1. The molecular formula is C26H33N3O5. The molecule has 0 fully saturated rings. The molecule has 0 aliphatic heterocycles. The van der Waals surface area contributed by atoms with Crippen LogP contribution in [0.2, 0.25) is 0 Å². The highest BCUT2D eigenvalue weighted by molar-refractivity contribution is 5.86. The third kappa shape index (κ3) is 6.35.